The number of nitrogens with one attached hydrogen (secondary N) is 3. The molecule has 0 aliphatic heterocycles. The molecule has 47 heavy (non-hydrogen) atoms. The predicted octanol–water partition coefficient (Wildman–Crippen LogP) is 7.27. The van der Waals surface area contributed by atoms with E-state index < -0.39 is 28.7 Å². The summed E-state index contributed by atoms with van der Waals surface area (Å²) in [6.45, 7) is 8.85. The Morgan fingerprint density at radius 3 is 2.11 bits per heavy atom. The fraction of sp³-hybridized carbons (Fsp3) is 0.364. The Morgan fingerprint density at radius 2 is 1.47 bits per heavy atom. The van der Waals surface area contributed by atoms with E-state index in [9.17, 15) is 22.8 Å². The van der Waals surface area contributed by atoms with Gasteiger partial charge in [0, 0.05) is 30.2 Å². The molecule has 3 aromatic rings. The number of pyridine rings is 1. The summed E-state index contributed by atoms with van der Waals surface area (Å²) < 4.78 is 60.7. The average molecular weight is 679 g/mol. The van der Waals surface area contributed by atoms with E-state index in [2.05, 4.69) is 47.6 Å². The molecule has 1 aromatic heterocycles. The van der Waals surface area contributed by atoms with Crippen molar-refractivity contribution in [1.82, 2.24) is 10.3 Å². The molecule has 0 atom stereocenters. The van der Waals surface area contributed by atoms with Crippen LogP contribution in [0.2, 0.25) is 5.02 Å². The number of anilines is 2. The van der Waals surface area contributed by atoms with E-state index in [-0.39, 0.29) is 31.1 Å². The highest BCUT2D eigenvalue weighted by Crippen LogP contribution is 2.36. The van der Waals surface area contributed by atoms with Crippen LogP contribution in [-0.4, -0.2) is 63.1 Å². The minimum absolute atomic E-state index is 0.0803. The second-order valence-electron chi connectivity index (χ2n) is 10.2. The van der Waals surface area contributed by atoms with Crippen molar-refractivity contribution in [2.45, 2.75) is 26.9 Å². The number of urea groups is 1. The number of amides is 3. The number of hydrogen-bond donors (Lipinski definition) is 3. The lowest BCUT2D eigenvalue weighted by atomic mass is 10.2. The van der Waals surface area contributed by atoms with Crippen molar-refractivity contribution in [2.75, 3.05) is 56.8 Å². The molecule has 254 valence electrons. The summed E-state index contributed by atoms with van der Waals surface area (Å²) in [5, 5.41) is 7.07. The molecule has 3 N–H and O–H groups in total. The number of carbonyl (C=O) groups is 2. The number of aromatic nitrogens is 1. The van der Waals surface area contributed by atoms with Crippen molar-refractivity contribution in [2.24, 2.45) is 5.92 Å². The van der Waals surface area contributed by atoms with Crippen LogP contribution in [0.25, 0.3) is 0 Å². The first-order chi connectivity index (χ1) is 22.4. The first kappa shape index (κ1) is 38.8. The Kier molecular flexibility index (Phi) is 17.1. The molecule has 0 saturated heterocycles. The number of ether oxygens (including phenoxy) is 4. The zero-order chi connectivity index (χ0) is 34.7. The van der Waals surface area contributed by atoms with Gasteiger partial charge in [0.05, 0.1) is 43.6 Å². The molecule has 10 nitrogen and oxygen atoms in total. The van der Waals surface area contributed by atoms with Gasteiger partial charge < -0.3 is 34.9 Å². The molecule has 0 aliphatic rings. The molecule has 2 aromatic carbocycles. The maximum atomic E-state index is 13.0. The third-order valence-electron chi connectivity index (χ3n) is 5.30. The average Bonchev–Trinajstić information content (AvgIpc) is 3.01. The Morgan fingerprint density at radius 1 is 0.872 bits per heavy atom. The topological polar surface area (TPSA) is 120 Å². The smallest absolute Gasteiger partial charge is 0.417 e. The third-order valence-corrected chi connectivity index (χ3v) is 5.63. The lowest BCUT2D eigenvalue weighted by molar-refractivity contribution is -0.137. The molecule has 14 heteroatoms. The summed E-state index contributed by atoms with van der Waals surface area (Å²) in [4.78, 5) is 28.7. The zero-order valence-corrected chi connectivity index (χ0v) is 27.0. The molecule has 0 saturated carbocycles. The van der Waals surface area contributed by atoms with Gasteiger partial charge in [-0.05, 0) is 54.4 Å². The van der Waals surface area contributed by atoms with E-state index in [4.69, 9.17) is 37.0 Å². The first-order valence-electron chi connectivity index (χ1n) is 14.5. The SMILES string of the molecule is C#CCOCCOCCOCCNC(=O)c1cc(Oc2ccc(NC(=O)Nc3ccc(Cl)c(C(F)(F)F)c3)cc2)ccn1.CC(C)C. The van der Waals surface area contributed by atoms with Gasteiger partial charge in [0.2, 0.25) is 0 Å². The van der Waals surface area contributed by atoms with Gasteiger partial charge in [-0.3, -0.25) is 9.78 Å². The summed E-state index contributed by atoms with van der Waals surface area (Å²) in [6.07, 6.45) is 1.83. The van der Waals surface area contributed by atoms with Gasteiger partial charge in [0.15, 0.2) is 0 Å². The van der Waals surface area contributed by atoms with Crippen LogP contribution >= 0.6 is 11.6 Å². The largest absolute Gasteiger partial charge is 0.457 e. The predicted molar refractivity (Wildman–Crippen MR) is 174 cm³/mol. The Balaban J connectivity index is 0.00000181. The monoisotopic (exact) mass is 678 g/mol. The Labute approximate surface area is 277 Å². The summed E-state index contributed by atoms with van der Waals surface area (Å²) in [5.41, 5.74) is -0.648. The maximum absolute atomic E-state index is 13.0. The number of alkyl halides is 3. The summed E-state index contributed by atoms with van der Waals surface area (Å²) in [5.74, 6) is 3.53. The second kappa shape index (κ2) is 20.7. The van der Waals surface area contributed by atoms with Gasteiger partial charge in [0.25, 0.3) is 5.91 Å². The molecular formula is C33H38ClF3N4O6. The molecule has 0 fully saturated rings. The standard InChI is InChI=1S/C29H28ClF3N4O6.C4H10/c1-2-12-40-14-16-42-17-15-41-13-11-35-27(38)26-19-23(9-10-34-26)43-22-6-3-20(4-7-22)36-28(39)37-21-5-8-25(30)24(18-21)29(31,32)33;1-4(2)3/h1,3-10,18-19H,11-17H2,(H,35,38)(H2,36,37,39);4H,1-3H3. The van der Waals surface area contributed by atoms with Crippen LogP contribution in [0, 0.1) is 18.3 Å². The number of benzene rings is 2. The summed E-state index contributed by atoms with van der Waals surface area (Å²) >= 11 is 5.60. The lowest BCUT2D eigenvalue weighted by Crippen LogP contribution is -2.28. The fourth-order valence-corrected chi connectivity index (χ4v) is 3.58. The van der Waals surface area contributed by atoms with Gasteiger partial charge in [-0.2, -0.15) is 13.2 Å². The molecule has 0 radical (unpaired) electrons. The quantitative estimate of drug-likeness (QED) is 0.114. The van der Waals surface area contributed by atoms with Crippen LogP contribution in [0.3, 0.4) is 0 Å². The minimum Gasteiger partial charge on any atom is -0.457 e. The number of terminal acetylenes is 1. The van der Waals surface area contributed by atoms with E-state index >= 15 is 0 Å². The van der Waals surface area contributed by atoms with Gasteiger partial charge >= 0.3 is 12.2 Å². The maximum Gasteiger partial charge on any atom is 0.417 e. The van der Waals surface area contributed by atoms with Gasteiger partial charge in [0.1, 0.15) is 23.8 Å². The second-order valence-corrected chi connectivity index (χ2v) is 10.7. The fourth-order valence-electron chi connectivity index (χ4n) is 3.35. The van der Waals surface area contributed by atoms with Crippen LogP contribution < -0.4 is 20.7 Å². The highest BCUT2D eigenvalue weighted by molar-refractivity contribution is 6.31. The number of rotatable bonds is 15. The highest BCUT2D eigenvalue weighted by Gasteiger charge is 2.33. The minimum atomic E-state index is -4.66. The van der Waals surface area contributed by atoms with Crippen molar-refractivity contribution >= 4 is 34.9 Å². The molecule has 3 rings (SSSR count). The molecule has 1 heterocycles. The lowest BCUT2D eigenvalue weighted by Gasteiger charge is -2.12. The van der Waals surface area contributed by atoms with Crippen LogP contribution in [0.5, 0.6) is 11.5 Å². The highest BCUT2D eigenvalue weighted by atomic mass is 35.5. The number of nitrogens with zero attached hydrogens (tertiary/aromatic N) is 1. The van der Waals surface area contributed by atoms with E-state index in [0.29, 0.717) is 43.6 Å². The zero-order valence-electron chi connectivity index (χ0n) is 26.3. The van der Waals surface area contributed by atoms with Crippen molar-refractivity contribution in [3.63, 3.8) is 0 Å². The van der Waals surface area contributed by atoms with E-state index in [0.717, 1.165) is 18.1 Å². The molecular weight excluding hydrogens is 641 g/mol. The molecule has 0 bridgehead atoms. The van der Waals surface area contributed by atoms with Crippen molar-refractivity contribution in [1.29, 1.82) is 0 Å². The normalized spacial score (nSPS) is 10.8. The van der Waals surface area contributed by atoms with E-state index in [1.54, 1.807) is 18.2 Å². The number of hydrogen-bond acceptors (Lipinski definition) is 7. The van der Waals surface area contributed by atoms with Gasteiger partial charge in [-0.25, -0.2) is 4.79 Å². The number of carbonyl (C=O) groups excluding carboxylic acids is 2. The van der Waals surface area contributed by atoms with Crippen LogP contribution in [0.15, 0.2) is 60.8 Å². The molecule has 0 aliphatic carbocycles. The van der Waals surface area contributed by atoms with Crippen LogP contribution in [0.4, 0.5) is 29.3 Å². The van der Waals surface area contributed by atoms with Gasteiger partial charge in [-0.15, -0.1) is 6.42 Å². The number of halogens is 4. The summed E-state index contributed by atoms with van der Waals surface area (Å²) in [6, 6.07) is 11.5. The van der Waals surface area contributed by atoms with E-state index in [1.165, 1.54) is 30.5 Å². The molecule has 0 unspecified atom stereocenters. The molecule has 0 spiro atoms. The van der Waals surface area contributed by atoms with Gasteiger partial charge in [-0.1, -0.05) is 38.3 Å². The van der Waals surface area contributed by atoms with E-state index in [1.807, 2.05) is 0 Å². The third kappa shape index (κ3) is 16.2. The van der Waals surface area contributed by atoms with Crippen molar-refractivity contribution in [3.8, 4) is 23.8 Å². The first-order valence-corrected chi connectivity index (χ1v) is 14.9. The Bertz CT molecular complexity index is 1450. The van der Waals surface area contributed by atoms with Crippen LogP contribution in [-0.2, 0) is 20.4 Å². The van der Waals surface area contributed by atoms with Crippen molar-refractivity contribution in [3.05, 3.63) is 77.1 Å². The van der Waals surface area contributed by atoms with Crippen LogP contribution in [0.1, 0.15) is 36.8 Å². The molecule has 3 amide bonds. The Hall–Kier alpha value is -4.35. The summed E-state index contributed by atoms with van der Waals surface area (Å²) in [7, 11) is 0. The van der Waals surface area contributed by atoms with Crippen molar-refractivity contribution < 1.29 is 41.7 Å².